The second-order valence-corrected chi connectivity index (χ2v) is 5.37. The molecular weight excluding hydrogens is 284 g/mol. The van der Waals surface area contributed by atoms with Gasteiger partial charge in [-0.15, -0.1) is 0 Å². The number of nitrogens with one attached hydrogen (secondary N) is 1. The number of aliphatic carboxylic acids is 1. The number of carbonyl (C=O) groups is 1. The van der Waals surface area contributed by atoms with Gasteiger partial charge >= 0.3 is 11.7 Å². The number of carboxylic acids is 1. The van der Waals surface area contributed by atoms with E-state index in [1.54, 1.807) is 6.07 Å². The number of halogens is 1. The molecule has 1 saturated carbocycles. The van der Waals surface area contributed by atoms with Gasteiger partial charge in [-0.3, -0.25) is 10.1 Å². The molecule has 0 spiro atoms. The van der Waals surface area contributed by atoms with Crippen LogP contribution < -0.4 is 5.32 Å². The molecule has 6 nitrogen and oxygen atoms in total. The molecule has 2 N–H and O–H groups in total. The summed E-state index contributed by atoms with van der Waals surface area (Å²) in [5.41, 5.74) is -1.26. The standard InChI is InChI=1S/C13H15ClN2O4/c14-9-5-4-6-10(11(9)16(19)20)15-13(12(17)18)7-2-1-3-8-13/h4-6,15H,1-3,7-8H2,(H,17,18). The number of carboxylic acid groups (broad SMARTS) is 1. The lowest BCUT2D eigenvalue weighted by Gasteiger charge is -2.34. The maximum Gasteiger partial charge on any atom is 0.329 e. The van der Waals surface area contributed by atoms with Gasteiger partial charge < -0.3 is 10.4 Å². The lowest BCUT2D eigenvalue weighted by Crippen LogP contribution is -2.48. The van der Waals surface area contributed by atoms with Crippen molar-refractivity contribution in [1.82, 2.24) is 0 Å². The van der Waals surface area contributed by atoms with Crippen molar-refractivity contribution in [2.45, 2.75) is 37.6 Å². The monoisotopic (exact) mass is 298 g/mol. The molecular formula is C13H15ClN2O4. The molecule has 0 unspecified atom stereocenters. The highest BCUT2D eigenvalue weighted by Gasteiger charge is 2.41. The first-order valence-electron chi connectivity index (χ1n) is 6.41. The third-order valence-electron chi connectivity index (χ3n) is 3.66. The molecule has 0 atom stereocenters. The van der Waals surface area contributed by atoms with Gasteiger partial charge in [-0.05, 0) is 25.0 Å². The number of hydrogen-bond acceptors (Lipinski definition) is 4. The minimum atomic E-state index is -1.15. The molecule has 0 heterocycles. The number of nitrogens with zero attached hydrogens (tertiary/aromatic N) is 1. The Morgan fingerprint density at radius 2 is 2.00 bits per heavy atom. The molecule has 1 aliphatic rings. The van der Waals surface area contributed by atoms with E-state index in [1.165, 1.54) is 12.1 Å². The predicted molar refractivity (Wildman–Crippen MR) is 75.2 cm³/mol. The molecule has 0 aliphatic heterocycles. The van der Waals surface area contributed by atoms with Gasteiger partial charge in [-0.2, -0.15) is 0 Å². The topological polar surface area (TPSA) is 92.5 Å². The zero-order chi connectivity index (χ0) is 14.8. The lowest BCUT2D eigenvalue weighted by molar-refractivity contribution is -0.383. The Morgan fingerprint density at radius 3 is 2.55 bits per heavy atom. The fourth-order valence-corrected chi connectivity index (χ4v) is 2.85. The van der Waals surface area contributed by atoms with Crippen molar-refractivity contribution in [1.29, 1.82) is 0 Å². The number of nitro groups is 1. The number of anilines is 1. The van der Waals surface area contributed by atoms with Crippen molar-refractivity contribution in [3.63, 3.8) is 0 Å². The normalized spacial score (nSPS) is 17.4. The Labute approximate surface area is 120 Å². The summed E-state index contributed by atoms with van der Waals surface area (Å²) in [6.07, 6.45) is 3.45. The van der Waals surface area contributed by atoms with Gasteiger partial charge in [0.15, 0.2) is 0 Å². The zero-order valence-corrected chi connectivity index (χ0v) is 11.5. The average molecular weight is 299 g/mol. The summed E-state index contributed by atoms with van der Waals surface area (Å²) in [5, 5.41) is 23.4. The van der Waals surface area contributed by atoms with Gasteiger partial charge in [0.1, 0.15) is 16.2 Å². The summed E-state index contributed by atoms with van der Waals surface area (Å²) in [6, 6.07) is 4.47. The number of hydrogen-bond donors (Lipinski definition) is 2. The van der Waals surface area contributed by atoms with Gasteiger partial charge in [-0.1, -0.05) is 36.9 Å². The minimum absolute atomic E-state index is 0.00338. The summed E-state index contributed by atoms with van der Waals surface area (Å²) in [6.45, 7) is 0. The van der Waals surface area contributed by atoms with E-state index in [-0.39, 0.29) is 16.4 Å². The second kappa shape index (κ2) is 5.66. The number of para-hydroxylation sites is 1. The molecule has 0 aromatic heterocycles. The first-order valence-corrected chi connectivity index (χ1v) is 6.78. The van der Waals surface area contributed by atoms with E-state index in [0.717, 1.165) is 19.3 Å². The number of nitro benzene ring substituents is 1. The quantitative estimate of drug-likeness (QED) is 0.656. The Kier molecular flexibility index (Phi) is 4.13. The fourth-order valence-electron chi connectivity index (χ4n) is 2.61. The van der Waals surface area contributed by atoms with Gasteiger partial charge in [-0.25, -0.2) is 4.79 Å². The Hall–Kier alpha value is -1.82. The van der Waals surface area contributed by atoms with Crippen LogP contribution in [0.2, 0.25) is 5.02 Å². The van der Waals surface area contributed by atoms with Gasteiger partial charge in [0.25, 0.3) is 0 Å². The zero-order valence-electron chi connectivity index (χ0n) is 10.8. The van der Waals surface area contributed by atoms with E-state index in [2.05, 4.69) is 5.32 Å². The summed E-state index contributed by atoms with van der Waals surface area (Å²) in [5.74, 6) is -0.980. The highest BCUT2D eigenvalue weighted by Crippen LogP contribution is 2.38. The molecule has 1 fully saturated rings. The SMILES string of the molecule is O=C(O)C1(Nc2cccc(Cl)c2[N+](=O)[O-])CCCCC1. The first-order chi connectivity index (χ1) is 9.46. The molecule has 108 valence electrons. The van der Waals surface area contributed by atoms with Crippen LogP contribution in [-0.2, 0) is 4.79 Å². The van der Waals surface area contributed by atoms with Crippen molar-refractivity contribution in [2.75, 3.05) is 5.32 Å². The first kappa shape index (κ1) is 14.6. The van der Waals surface area contributed by atoms with E-state index >= 15 is 0 Å². The van der Waals surface area contributed by atoms with Gasteiger partial charge in [0, 0.05) is 0 Å². The van der Waals surface area contributed by atoms with E-state index < -0.39 is 16.4 Å². The fraction of sp³-hybridized carbons (Fsp3) is 0.462. The van der Waals surface area contributed by atoms with Crippen LogP contribution in [0.3, 0.4) is 0 Å². The van der Waals surface area contributed by atoms with Crippen LogP contribution in [0.1, 0.15) is 32.1 Å². The van der Waals surface area contributed by atoms with Crippen molar-refractivity contribution in [3.8, 4) is 0 Å². The molecule has 1 aromatic carbocycles. The average Bonchev–Trinajstić information content (AvgIpc) is 2.39. The molecule has 7 heteroatoms. The predicted octanol–water partition coefficient (Wildman–Crippen LogP) is 3.45. The highest BCUT2D eigenvalue weighted by molar-refractivity contribution is 6.33. The van der Waals surface area contributed by atoms with Crippen molar-refractivity contribution in [3.05, 3.63) is 33.3 Å². The highest BCUT2D eigenvalue weighted by atomic mass is 35.5. The minimum Gasteiger partial charge on any atom is -0.480 e. The van der Waals surface area contributed by atoms with Crippen LogP contribution in [0.4, 0.5) is 11.4 Å². The smallest absolute Gasteiger partial charge is 0.329 e. The molecule has 0 bridgehead atoms. The molecule has 0 saturated heterocycles. The molecule has 0 amide bonds. The van der Waals surface area contributed by atoms with Gasteiger partial charge in [0.2, 0.25) is 0 Å². The van der Waals surface area contributed by atoms with E-state index in [4.69, 9.17) is 11.6 Å². The second-order valence-electron chi connectivity index (χ2n) is 4.97. The maximum absolute atomic E-state index is 11.6. The maximum atomic E-state index is 11.6. The summed E-state index contributed by atoms with van der Waals surface area (Å²) in [7, 11) is 0. The third-order valence-corrected chi connectivity index (χ3v) is 3.96. The summed E-state index contributed by atoms with van der Waals surface area (Å²) < 4.78 is 0. The summed E-state index contributed by atoms with van der Waals surface area (Å²) >= 11 is 5.84. The van der Waals surface area contributed by atoms with Crippen molar-refractivity contribution < 1.29 is 14.8 Å². The van der Waals surface area contributed by atoms with Crippen LogP contribution in [-0.4, -0.2) is 21.5 Å². The van der Waals surface area contributed by atoms with E-state index in [1.807, 2.05) is 0 Å². The van der Waals surface area contributed by atoms with Crippen molar-refractivity contribution >= 4 is 28.9 Å². The van der Waals surface area contributed by atoms with E-state index in [9.17, 15) is 20.0 Å². The van der Waals surface area contributed by atoms with Crippen molar-refractivity contribution in [2.24, 2.45) is 0 Å². The largest absolute Gasteiger partial charge is 0.480 e. The Bertz CT molecular complexity index is 541. The van der Waals surface area contributed by atoms with Crippen LogP contribution in [0.15, 0.2) is 18.2 Å². The van der Waals surface area contributed by atoms with Crippen LogP contribution >= 0.6 is 11.6 Å². The third kappa shape index (κ3) is 2.70. The molecule has 2 rings (SSSR count). The molecule has 0 radical (unpaired) electrons. The Balaban J connectivity index is 2.39. The number of benzene rings is 1. The molecule has 1 aliphatic carbocycles. The van der Waals surface area contributed by atoms with Crippen LogP contribution in [0.25, 0.3) is 0 Å². The van der Waals surface area contributed by atoms with Gasteiger partial charge in [0.05, 0.1) is 4.92 Å². The Morgan fingerprint density at radius 1 is 1.35 bits per heavy atom. The van der Waals surface area contributed by atoms with Crippen LogP contribution in [0, 0.1) is 10.1 Å². The number of rotatable bonds is 4. The molecule has 1 aromatic rings. The van der Waals surface area contributed by atoms with E-state index in [0.29, 0.717) is 12.8 Å². The van der Waals surface area contributed by atoms with Crippen LogP contribution in [0.5, 0.6) is 0 Å². The summed E-state index contributed by atoms with van der Waals surface area (Å²) in [4.78, 5) is 22.1. The lowest BCUT2D eigenvalue weighted by atomic mass is 9.81. The molecule has 20 heavy (non-hydrogen) atoms.